The lowest BCUT2D eigenvalue weighted by atomic mass is 10.3. The maximum Gasteiger partial charge on any atom is 0.247 e. The van der Waals surface area contributed by atoms with Gasteiger partial charge in [0.15, 0.2) is 7.79 Å². The van der Waals surface area contributed by atoms with E-state index in [1.807, 2.05) is 70.0 Å². The van der Waals surface area contributed by atoms with Gasteiger partial charge in [-0.1, -0.05) is 36.4 Å². The summed E-state index contributed by atoms with van der Waals surface area (Å²) >= 11 is 0. The van der Waals surface area contributed by atoms with Crippen LogP contribution >= 0.6 is 7.79 Å². The Bertz CT molecular complexity index is 1050. The van der Waals surface area contributed by atoms with Crippen molar-refractivity contribution in [1.29, 1.82) is 0 Å². The van der Waals surface area contributed by atoms with Crippen LogP contribution in [0.3, 0.4) is 0 Å². The predicted octanol–water partition coefficient (Wildman–Crippen LogP) is 3.50. The molecular formula is C23H22N4O3P. The van der Waals surface area contributed by atoms with Crippen LogP contribution in [0.25, 0.3) is 0 Å². The van der Waals surface area contributed by atoms with Crippen LogP contribution in [0.5, 0.6) is 0 Å². The highest BCUT2D eigenvalue weighted by molar-refractivity contribution is 7.75. The molecule has 3 aromatic rings. The van der Waals surface area contributed by atoms with Gasteiger partial charge >= 0.3 is 0 Å². The van der Waals surface area contributed by atoms with Crippen LogP contribution in [0.1, 0.15) is 6.42 Å². The summed E-state index contributed by atoms with van der Waals surface area (Å²) in [5, 5.41) is 0. The average molecular weight is 433 g/mol. The molecule has 0 bridgehead atoms. The molecule has 3 heterocycles. The normalized spacial score (nSPS) is 20.5. The molecular weight excluding hydrogens is 411 g/mol. The van der Waals surface area contributed by atoms with Crippen molar-refractivity contribution in [3.63, 3.8) is 0 Å². The number of anilines is 3. The summed E-state index contributed by atoms with van der Waals surface area (Å²) < 4.78 is 3.87. The van der Waals surface area contributed by atoms with E-state index in [-0.39, 0.29) is 18.2 Å². The number of imide groups is 1. The van der Waals surface area contributed by atoms with Crippen LogP contribution in [-0.2, 0) is 9.59 Å². The number of benzene rings is 2. The molecule has 157 valence electrons. The molecule has 0 spiro atoms. The maximum atomic E-state index is 13.6. The van der Waals surface area contributed by atoms with Gasteiger partial charge in [-0.15, -0.1) is 0 Å². The Labute approximate surface area is 181 Å². The number of para-hydroxylation sites is 2. The molecule has 1 aromatic heterocycles. The lowest BCUT2D eigenvalue weighted by Gasteiger charge is -2.45. The smallest absolute Gasteiger partial charge is 0.247 e. The average Bonchev–Trinajstić information content (AvgIpc) is 3.32. The largest absolute Gasteiger partial charge is 0.345 e. The van der Waals surface area contributed by atoms with Crippen molar-refractivity contribution in [3.05, 3.63) is 85.2 Å². The van der Waals surface area contributed by atoms with Gasteiger partial charge in [0.05, 0.1) is 11.9 Å². The molecule has 5 rings (SSSR count). The SMILES string of the molecule is O=C1CC([P]2(O)N(c3ccccc3)CCN2c2ccccc2)C(=O)N1c1cccnc1. The van der Waals surface area contributed by atoms with Crippen LogP contribution in [0, 0.1) is 0 Å². The standard InChI is InChI=1S/C23H22N4O3P/c28-22-16-21(23(29)27(22)20-12-7-13-24-17-20)31(30)25(18-8-3-1-4-9-18)14-15-26(31)19-10-5-2-6-11-19/h1-13,17,21,30H,14-16H2. The molecule has 31 heavy (non-hydrogen) atoms. The number of pyridine rings is 1. The van der Waals surface area contributed by atoms with Gasteiger partial charge in [-0.2, -0.15) is 0 Å². The third-order valence-electron chi connectivity index (χ3n) is 5.79. The highest BCUT2D eigenvalue weighted by Gasteiger charge is 2.58. The van der Waals surface area contributed by atoms with Gasteiger partial charge in [0.25, 0.3) is 0 Å². The Balaban J connectivity index is 1.59. The first-order valence-corrected chi connectivity index (χ1v) is 11.9. The molecule has 1 N–H and O–H groups in total. The third-order valence-corrected chi connectivity index (χ3v) is 9.31. The van der Waals surface area contributed by atoms with Gasteiger partial charge < -0.3 is 14.2 Å². The van der Waals surface area contributed by atoms with Crippen molar-refractivity contribution < 1.29 is 14.5 Å². The monoisotopic (exact) mass is 433 g/mol. The lowest BCUT2D eigenvalue weighted by molar-refractivity contribution is -0.121. The molecule has 0 saturated carbocycles. The van der Waals surface area contributed by atoms with Crippen molar-refractivity contribution in [2.75, 3.05) is 27.3 Å². The summed E-state index contributed by atoms with van der Waals surface area (Å²) in [6.45, 7) is 1.13. The predicted molar refractivity (Wildman–Crippen MR) is 122 cm³/mol. The summed E-state index contributed by atoms with van der Waals surface area (Å²) in [5.41, 5.74) is 1.28. The van der Waals surface area contributed by atoms with Gasteiger partial charge in [0.1, 0.15) is 5.66 Å². The third kappa shape index (κ3) is 3.17. The van der Waals surface area contributed by atoms with Gasteiger partial charge in [0, 0.05) is 37.1 Å². The van der Waals surface area contributed by atoms with Crippen molar-refractivity contribution in [2.24, 2.45) is 0 Å². The molecule has 0 aliphatic carbocycles. The van der Waals surface area contributed by atoms with Gasteiger partial charge in [-0.25, -0.2) is 4.90 Å². The second kappa shape index (κ2) is 7.76. The maximum absolute atomic E-state index is 13.6. The second-order valence-corrected chi connectivity index (χ2v) is 10.3. The number of hydrogen-bond acceptors (Lipinski definition) is 6. The van der Waals surface area contributed by atoms with E-state index in [0.717, 1.165) is 11.4 Å². The number of aromatic nitrogens is 1. The van der Waals surface area contributed by atoms with E-state index in [2.05, 4.69) is 4.98 Å². The van der Waals surface area contributed by atoms with Gasteiger partial charge in [-0.05, 0) is 36.4 Å². The highest BCUT2D eigenvalue weighted by Crippen LogP contribution is 2.71. The van der Waals surface area contributed by atoms with Gasteiger partial charge in [0.2, 0.25) is 11.8 Å². The first-order valence-electron chi connectivity index (χ1n) is 10.1. The zero-order chi connectivity index (χ0) is 21.4. The molecule has 7 nitrogen and oxygen atoms in total. The van der Waals surface area contributed by atoms with E-state index in [0.29, 0.717) is 18.8 Å². The summed E-state index contributed by atoms with van der Waals surface area (Å²) in [6.07, 6.45) is 3.06. The number of carbonyl (C=O) groups excluding carboxylic acids is 2. The summed E-state index contributed by atoms with van der Waals surface area (Å²) in [7, 11) is -3.25. The fraction of sp³-hybridized carbons (Fsp3) is 0.174. The Morgan fingerprint density at radius 1 is 0.806 bits per heavy atom. The van der Waals surface area contributed by atoms with E-state index in [1.54, 1.807) is 18.3 Å². The molecule has 2 aliphatic rings. The van der Waals surface area contributed by atoms with Crippen molar-refractivity contribution in [1.82, 2.24) is 4.98 Å². The van der Waals surface area contributed by atoms with Crippen molar-refractivity contribution >= 4 is 36.7 Å². The van der Waals surface area contributed by atoms with Crippen LogP contribution < -0.4 is 14.2 Å². The van der Waals surface area contributed by atoms with Crippen LogP contribution in [0.4, 0.5) is 17.1 Å². The number of nitrogens with zero attached hydrogens (tertiary/aromatic N) is 4. The molecule has 2 aromatic carbocycles. The number of carbonyl (C=O) groups is 2. The molecule has 2 saturated heterocycles. The van der Waals surface area contributed by atoms with Crippen molar-refractivity contribution in [3.8, 4) is 0 Å². The Morgan fingerprint density at radius 2 is 1.35 bits per heavy atom. The Hall–Kier alpha value is -3.28. The minimum Gasteiger partial charge on any atom is -0.345 e. The molecule has 2 fully saturated rings. The fourth-order valence-electron chi connectivity index (χ4n) is 4.39. The molecule has 1 radical (unpaired) electrons. The van der Waals surface area contributed by atoms with Crippen LogP contribution in [0.15, 0.2) is 85.2 Å². The highest BCUT2D eigenvalue weighted by atomic mass is 31.2. The minimum absolute atomic E-state index is 0.0370. The molecule has 8 heteroatoms. The van der Waals surface area contributed by atoms with Crippen molar-refractivity contribution in [2.45, 2.75) is 12.1 Å². The van der Waals surface area contributed by atoms with E-state index in [4.69, 9.17) is 0 Å². The molecule has 1 unspecified atom stereocenters. The summed E-state index contributed by atoms with van der Waals surface area (Å²) in [5.74, 6) is -0.693. The summed E-state index contributed by atoms with van der Waals surface area (Å²) in [4.78, 5) is 44.0. The van der Waals surface area contributed by atoms with Crippen LogP contribution in [-0.4, -0.2) is 40.4 Å². The number of amides is 2. The van der Waals surface area contributed by atoms with Crippen LogP contribution in [0.2, 0.25) is 0 Å². The Morgan fingerprint density at radius 3 is 1.87 bits per heavy atom. The summed E-state index contributed by atoms with van der Waals surface area (Å²) in [6, 6.07) is 22.6. The van der Waals surface area contributed by atoms with E-state index in [9.17, 15) is 14.5 Å². The number of rotatable bonds is 4. The fourth-order valence-corrected chi connectivity index (χ4v) is 7.85. The number of hydrogen-bond donors (Lipinski definition) is 1. The van der Waals surface area contributed by atoms with E-state index < -0.39 is 13.4 Å². The lowest BCUT2D eigenvalue weighted by Crippen LogP contribution is -2.39. The minimum atomic E-state index is -3.25. The second-order valence-electron chi connectivity index (χ2n) is 7.53. The topological polar surface area (TPSA) is 77.0 Å². The molecule has 2 aliphatic heterocycles. The molecule has 2 amide bonds. The zero-order valence-electron chi connectivity index (χ0n) is 16.8. The first kappa shape index (κ1) is 19.7. The molecule has 1 atom stereocenters. The zero-order valence-corrected chi connectivity index (χ0v) is 17.7. The van der Waals surface area contributed by atoms with E-state index >= 15 is 0 Å². The quantitative estimate of drug-likeness (QED) is 0.501. The van der Waals surface area contributed by atoms with E-state index in [1.165, 1.54) is 11.1 Å². The Kier molecular flexibility index (Phi) is 4.93. The van der Waals surface area contributed by atoms with Gasteiger partial charge in [-0.3, -0.25) is 14.6 Å². The first-order chi connectivity index (χ1) is 15.1.